The number of para-hydroxylation sites is 1. The Bertz CT molecular complexity index is 957. The predicted octanol–water partition coefficient (Wildman–Crippen LogP) is 2.48. The first kappa shape index (κ1) is 17.7. The number of nitrogens with one attached hydrogen (secondary N) is 2. The minimum Gasteiger partial charge on any atom is -0.481 e. The van der Waals surface area contributed by atoms with E-state index < -0.39 is 5.97 Å². The lowest BCUT2D eigenvalue weighted by Crippen LogP contribution is -2.17. The quantitative estimate of drug-likeness (QED) is 0.506. The third-order valence-electron chi connectivity index (χ3n) is 3.45. The molecule has 2 heterocycles. The number of ether oxygens (including phenoxy) is 2. The Morgan fingerprint density at radius 1 is 1.15 bits per heavy atom. The van der Waals surface area contributed by atoms with Crippen LogP contribution in [0.3, 0.4) is 0 Å². The maximum Gasteiger partial charge on any atom is 0.339 e. The summed E-state index contributed by atoms with van der Waals surface area (Å²) in [4.78, 5) is 35.6. The number of H-pyrrole nitrogens is 1. The molecule has 3 aromatic rings. The molecule has 0 fully saturated rings. The van der Waals surface area contributed by atoms with Gasteiger partial charge in [-0.3, -0.25) is 4.79 Å². The van der Waals surface area contributed by atoms with Gasteiger partial charge in [0.1, 0.15) is 0 Å². The van der Waals surface area contributed by atoms with Crippen molar-refractivity contribution in [1.29, 1.82) is 0 Å². The number of nitrogens with zero attached hydrogens (tertiary/aromatic N) is 2. The Morgan fingerprint density at radius 3 is 2.73 bits per heavy atom. The number of hydrogen-bond acceptors (Lipinski definition) is 7. The molecule has 0 radical (unpaired) electrons. The first-order valence-corrected chi connectivity index (χ1v) is 8.60. The number of imidazole rings is 1. The van der Waals surface area contributed by atoms with Crippen LogP contribution in [0.1, 0.15) is 10.4 Å². The van der Waals surface area contributed by atoms with Crippen LogP contribution < -0.4 is 10.1 Å². The fourth-order valence-electron chi connectivity index (χ4n) is 2.24. The molecule has 26 heavy (non-hydrogen) atoms. The van der Waals surface area contributed by atoms with Crippen molar-refractivity contribution in [1.82, 2.24) is 15.0 Å². The third kappa shape index (κ3) is 3.94. The number of methoxy groups -OCH3 is 2. The molecule has 0 aliphatic heterocycles. The Hall–Kier alpha value is -3.07. The zero-order valence-electron chi connectivity index (χ0n) is 14.1. The second-order valence-electron chi connectivity index (χ2n) is 5.14. The Kier molecular flexibility index (Phi) is 5.37. The molecule has 2 N–H and O–H groups in total. The molecule has 0 saturated carbocycles. The van der Waals surface area contributed by atoms with Crippen molar-refractivity contribution in [2.75, 3.05) is 25.3 Å². The molecule has 0 saturated heterocycles. The van der Waals surface area contributed by atoms with Gasteiger partial charge in [-0.15, -0.1) is 0 Å². The number of aromatic nitrogens is 3. The van der Waals surface area contributed by atoms with Crippen molar-refractivity contribution >= 4 is 40.5 Å². The van der Waals surface area contributed by atoms with Gasteiger partial charge in [0, 0.05) is 6.07 Å². The average molecular weight is 372 g/mol. The molecule has 0 unspecified atom stereocenters. The van der Waals surface area contributed by atoms with Crippen LogP contribution in [0.4, 0.5) is 5.69 Å². The van der Waals surface area contributed by atoms with E-state index in [2.05, 4.69) is 20.3 Å². The first-order valence-electron chi connectivity index (χ1n) is 7.61. The molecule has 0 atom stereocenters. The van der Waals surface area contributed by atoms with E-state index in [4.69, 9.17) is 9.47 Å². The number of fused-ring (bicyclic) bond motifs is 1. The number of pyridine rings is 1. The fraction of sp³-hybridized carbons (Fsp3) is 0.176. The smallest absolute Gasteiger partial charge is 0.339 e. The molecule has 0 bridgehead atoms. The van der Waals surface area contributed by atoms with Gasteiger partial charge in [0.2, 0.25) is 11.8 Å². The van der Waals surface area contributed by atoms with Gasteiger partial charge < -0.3 is 19.8 Å². The molecular formula is C17H16N4O4S. The first-order chi connectivity index (χ1) is 12.6. The lowest BCUT2D eigenvalue weighted by atomic mass is 10.2. The highest BCUT2D eigenvalue weighted by Gasteiger charge is 2.14. The van der Waals surface area contributed by atoms with Crippen molar-refractivity contribution in [3.8, 4) is 5.88 Å². The summed E-state index contributed by atoms with van der Waals surface area (Å²) in [7, 11) is 2.83. The molecule has 2 aromatic heterocycles. The highest BCUT2D eigenvalue weighted by Crippen LogP contribution is 2.21. The van der Waals surface area contributed by atoms with Crippen LogP contribution in [-0.2, 0) is 9.53 Å². The molecule has 3 rings (SSSR count). The van der Waals surface area contributed by atoms with Crippen LogP contribution in [0, 0.1) is 0 Å². The van der Waals surface area contributed by atoms with E-state index in [1.54, 1.807) is 30.3 Å². The number of benzene rings is 1. The summed E-state index contributed by atoms with van der Waals surface area (Å²) in [6.07, 6.45) is 0. The van der Waals surface area contributed by atoms with Crippen molar-refractivity contribution < 1.29 is 19.1 Å². The maximum atomic E-state index is 12.2. The van der Waals surface area contributed by atoms with E-state index in [0.717, 1.165) is 5.52 Å². The van der Waals surface area contributed by atoms with Crippen LogP contribution in [0.2, 0.25) is 0 Å². The number of amides is 1. The van der Waals surface area contributed by atoms with Gasteiger partial charge >= 0.3 is 5.97 Å². The molecule has 134 valence electrons. The molecule has 9 heteroatoms. The van der Waals surface area contributed by atoms with E-state index in [1.165, 1.54) is 26.0 Å². The zero-order chi connectivity index (χ0) is 18.5. The summed E-state index contributed by atoms with van der Waals surface area (Å²) < 4.78 is 9.77. The highest BCUT2D eigenvalue weighted by atomic mass is 32.2. The summed E-state index contributed by atoms with van der Waals surface area (Å²) in [6.45, 7) is 0. The Labute approximate surface area is 153 Å². The van der Waals surface area contributed by atoms with Gasteiger partial charge in [-0.2, -0.15) is 4.98 Å². The molecule has 0 spiro atoms. The fourth-order valence-corrected chi connectivity index (χ4v) is 2.91. The van der Waals surface area contributed by atoms with Gasteiger partial charge in [-0.05, 0) is 18.2 Å². The monoisotopic (exact) mass is 372 g/mol. The van der Waals surface area contributed by atoms with E-state index in [0.29, 0.717) is 27.9 Å². The standard InChI is InChI=1S/C17H16N4O4S/c1-24-14-8-7-12-15(20-14)21-17(19-12)26-9-13(22)18-11-6-4-3-5-10(11)16(23)25-2/h3-8H,9H2,1-2H3,(H,18,22)(H,19,20,21). The number of thioether (sulfide) groups is 1. The number of aromatic amines is 1. The number of anilines is 1. The largest absolute Gasteiger partial charge is 0.481 e. The number of carbonyl (C=O) groups is 2. The van der Waals surface area contributed by atoms with Gasteiger partial charge in [-0.1, -0.05) is 23.9 Å². The number of esters is 1. The number of hydrogen-bond donors (Lipinski definition) is 2. The van der Waals surface area contributed by atoms with E-state index in [9.17, 15) is 9.59 Å². The maximum absolute atomic E-state index is 12.2. The van der Waals surface area contributed by atoms with Gasteiger partial charge in [0.25, 0.3) is 0 Å². The summed E-state index contributed by atoms with van der Waals surface area (Å²) in [5.41, 5.74) is 1.97. The topological polar surface area (TPSA) is 106 Å². The molecular weight excluding hydrogens is 356 g/mol. The molecule has 1 amide bonds. The zero-order valence-corrected chi connectivity index (χ0v) is 14.9. The molecule has 0 aliphatic carbocycles. The Morgan fingerprint density at radius 2 is 1.96 bits per heavy atom. The predicted molar refractivity (Wildman–Crippen MR) is 97.6 cm³/mol. The summed E-state index contributed by atoms with van der Waals surface area (Å²) in [6, 6.07) is 10.2. The van der Waals surface area contributed by atoms with E-state index in [-0.39, 0.29) is 11.7 Å². The minimum absolute atomic E-state index is 0.118. The van der Waals surface area contributed by atoms with Crippen molar-refractivity contribution in [2.24, 2.45) is 0 Å². The molecule has 8 nitrogen and oxygen atoms in total. The normalized spacial score (nSPS) is 10.5. The van der Waals surface area contributed by atoms with E-state index in [1.807, 2.05) is 6.07 Å². The number of carbonyl (C=O) groups excluding carboxylic acids is 2. The highest BCUT2D eigenvalue weighted by molar-refractivity contribution is 7.99. The van der Waals surface area contributed by atoms with Crippen molar-refractivity contribution in [3.63, 3.8) is 0 Å². The van der Waals surface area contributed by atoms with Crippen LogP contribution in [0.5, 0.6) is 5.88 Å². The van der Waals surface area contributed by atoms with Crippen LogP contribution in [-0.4, -0.2) is 46.8 Å². The number of rotatable bonds is 6. The van der Waals surface area contributed by atoms with Crippen molar-refractivity contribution in [2.45, 2.75) is 5.16 Å². The minimum atomic E-state index is -0.508. The lowest BCUT2D eigenvalue weighted by molar-refractivity contribution is -0.113. The lowest BCUT2D eigenvalue weighted by Gasteiger charge is -2.08. The summed E-state index contributed by atoms with van der Waals surface area (Å²) in [5.74, 6) is -0.187. The second kappa shape index (κ2) is 7.87. The Balaban J connectivity index is 1.65. The van der Waals surface area contributed by atoms with Crippen molar-refractivity contribution in [3.05, 3.63) is 42.0 Å². The van der Waals surface area contributed by atoms with Crippen LogP contribution in [0.25, 0.3) is 11.2 Å². The van der Waals surface area contributed by atoms with Gasteiger partial charge in [-0.25, -0.2) is 9.78 Å². The summed E-state index contributed by atoms with van der Waals surface area (Å²) in [5, 5.41) is 3.28. The second-order valence-corrected chi connectivity index (χ2v) is 6.10. The van der Waals surface area contributed by atoms with E-state index >= 15 is 0 Å². The molecule has 1 aromatic carbocycles. The third-order valence-corrected chi connectivity index (χ3v) is 4.33. The summed E-state index contributed by atoms with van der Waals surface area (Å²) >= 11 is 1.23. The van der Waals surface area contributed by atoms with Gasteiger partial charge in [0.05, 0.1) is 36.7 Å². The SMILES string of the molecule is COC(=O)c1ccccc1NC(=O)CSc1nc2nc(OC)ccc2[nH]1. The van der Waals surface area contributed by atoms with Crippen LogP contribution in [0.15, 0.2) is 41.6 Å². The van der Waals surface area contributed by atoms with Crippen LogP contribution >= 0.6 is 11.8 Å². The molecule has 0 aliphatic rings. The van der Waals surface area contributed by atoms with Gasteiger partial charge in [0.15, 0.2) is 10.8 Å². The average Bonchev–Trinajstić information content (AvgIpc) is 3.08.